The van der Waals surface area contributed by atoms with Crippen LogP contribution in [0.1, 0.15) is 30.8 Å². The number of likely N-dealkylation sites (tertiary alicyclic amines) is 1. The number of carbonyl (C=O) groups is 1. The van der Waals surface area contributed by atoms with Gasteiger partial charge in [0.15, 0.2) is 0 Å². The molecule has 1 fully saturated rings. The van der Waals surface area contributed by atoms with Gasteiger partial charge in [0.05, 0.1) is 11.4 Å². The maximum absolute atomic E-state index is 12.9. The second kappa shape index (κ2) is 4.22. The van der Waals surface area contributed by atoms with Gasteiger partial charge in [-0.05, 0) is 20.3 Å². The van der Waals surface area contributed by atoms with Gasteiger partial charge in [0.1, 0.15) is 5.69 Å². The van der Waals surface area contributed by atoms with Crippen molar-refractivity contribution in [1.29, 1.82) is 0 Å². The topological polar surface area (TPSA) is 33.2 Å². The molecule has 2 rings (SSSR count). The van der Waals surface area contributed by atoms with Crippen molar-refractivity contribution in [3.63, 3.8) is 0 Å². The number of carbonyl (C=O) groups excluding carboxylic acids is 1. The van der Waals surface area contributed by atoms with Crippen LogP contribution in [-0.4, -0.2) is 34.1 Å². The van der Waals surface area contributed by atoms with E-state index in [1.807, 2.05) is 0 Å². The van der Waals surface area contributed by atoms with Gasteiger partial charge in [-0.25, -0.2) is 4.98 Å². The molecule has 1 aliphatic heterocycles. The van der Waals surface area contributed by atoms with Crippen molar-refractivity contribution in [2.45, 2.75) is 32.0 Å². The van der Waals surface area contributed by atoms with Crippen LogP contribution in [0.4, 0.5) is 13.2 Å². The second-order valence-electron chi connectivity index (χ2n) is 4.87. The highest BCUT2D eigenvalue weighted by atomic mass is 32.1. The molecular formula is C11H13F3N2OS. The zero-order valence-corrected chi connectivity index (χ0v) is 10.8. The Labute approximate surface area is 107 Å². The second-order valence-corrected chi connectivity index (χ2v) is 5.59. The molecule has 7 heteroatoms. The number of thiazole rings is 1. The number of aromatic nitrogens is 1. The van der Waals surface area contributed by atoms with Crippen LogP contribution in [-0.2, 0) is 0 Å². The van der Waals surface area contributed by atoms with E-state index in [9.17, 15) is 18.0 Å². The maximum Gasteiger partial charge on any atom is 0.394 e. The maximum atomic E-state index is 12.9. The molecule has 1 saturated heterocycles. The molecule has 0 radical (unpaired) electrons. The summed E-state index contributed by atoms with van der Waals surface area (Å²) in [5.74, 6) is -1.90. The molecule has 0 aromatic carbocycles. The van der Waals surface area contributed by atoms with Crippen molar-refractivity contribution in [3.05, 3.63) is 16.6 Å². The lowest BCUT2D eigenvalue weighted by Crippen LogP contribution is -2.49. The standard InChI is InChI=1S/C11H13F3N2OS/c1-10(2)8(11(12,13)14)3-4-16(10)9(17)7-5-18-6-15-7/h5-6,8H,3-4H2,1-2H3. The summed E-state index contributed by atoms with van der Waals surface area (Å²) in [6.45, 7) is 3.04. The Bertz CT molecular complexity index is 442. The highest BCUT2D eigenvalue weighted by Gasteiger charge is 2.56. The molecule has 1 aromatic rings. The van der Waals surface area contributed by atoms with Gasteiger partial charge in [-0.15, -0.1) is 11.3 Å². The summed E-state index contributed by atoms with van der Waals surface area (Å²) < 4.78 is 38.7. The number of amides is 1. The fraction of sp³-hybridized carbons (Fsp3) is 0.636. The molecular weight excluding hydrogens is 265 g/mol. The van der Waals surface area contributed by atoms with Crippen molar-refractivity contribution in [1.82, 2.24) is 9.88 Å². The van der Waals surface area contributed by atoms with Crippen molar-refractivity contribution >= 4 is 17.2 Å². The molecule has 1 atom stereocenters. The Morgan fingerprint density at radius 3 is 2.67 bits per heavy atom. The number of hydrogen-bond donors (Lipinski definition) is 0. The monoisotopic (exact) mass is 278 g/mol. The zero-order chi connectivity index (χ0) is 13.6. The van der Waals surface area contributed by atoms with E-state index in [2.05, 4.69) is 4.98 Å². The van der Waals surface area contributed by atoms with Crippen molar-refractivity contribution in [2.24, 2.45) is 5.92 Å². The number of hydrogen-bond acceptors (Lipinski definition) is 3. The van der Waals surface area contributed by atoms with E-state index in [1.165, 1.54) is 35.6 Å². The Balaban J connectivity index is 2.25. The molecule has 18 heavy (non-hydrogen) atoms. The quantitative estimate of drug-likeness (QED) is 0.791. The summed E-state index contributed by atoms with van der Waals surface area (Å²) in [4.78, 5) is 17.2. The van der Waals surface area contributed by atoms with Gasteiger partial charge >= 0.3 is 6.18 Å². The minimum absolute atomic E-state index is 0.0492. The van der Waals surface area contributed by atoms with Crippen LogP contribution in [0.2, 0.25) is 0 Å². The van der Waals surface area contributed by atoms with Crippen molar-refractivity contribution < 1.29 is 18.0 Å². The van der Waals surface area contributed by atoms with Crippen LogP contribution in [0.3, 0.4) is 0 Å². The minimum Gasteiger partial charge on any atom is -0.332 e. The zero-order valence-electron chi connectivity index (χ0n) is 9.99. The molecule has 2 heterocycles. The van der Waals surface area contributed by atoms with E-state index in [0.29, 0.717) is 0 Å². The van der Waals surface area contributed by atoms with Crippen LogP contribution in [0.5, 0.6) is 0 Å². The molecule has 0 aliphatic carbocycles. The number of nitrogens with zero attached hydrogens (tertiary/aromatic N) is 2. The molecule has 0 spiro atoms. The fourth-order valence-electron chi connectivity index (χ4n) is 2.47. The Kier molecular flexibility index (Phi) is 3.12. The predicted octanol–water partition coefficient (Wildman–Crippen LogP) is 2.95. The van der Waals surface area contributed by atoms with Crippen LogP contribution >= 0.6 is 11.3 Å². The molecule has 100 valence electrons. The van der Waals surface area contributed by atoms with Gasteiger partial charge in [0.25, 0.3) is 5.91 Å². The summed E-state index contributed by atoms with van der Waals surface area (Å²) in [6, 6.07) is 0. The normalized spacial score (nSPS) is 23.4. The molecule has 0 bridgehead atoms. The number of rotatable bonds is 1. The minimum atomic E-state index is -4.28. The summed E-state index contributed by atoms with van der Waals surface area (Å²) in [5.41, 5.74) is 0.493. The Morgan fingerprint density at radius 2 is 2.22 bits per heavy atom. The lowest BCUT2D eigenvalue weighted by molar-refractivity contribution is -0.189. The first-order chi connectivity index (χ1) is 8.24. The molecule has 0 saturated carbocycles. The summed E-state index contributed by atoms with van der Waals surface area (Å²) in [5, 5.41) is 1.55. The molecule has 1 amide bonds. The van der Waals surface area contributed by atoms with E-state index in [0.717, 1.165) is 0 Å². The highest BCUT2D eigenvalue weighted by molar-refractivity contribution is 7.07. The van der Waals surface area contributed by atoms with Crippen molar-refractivity contribution in [2.75, 3.05) is 6.54 Å². The lowest BCUT2D eigenvalue weighted by atomic mass is 9.88. The summed E-state index contributed by atoms with van der Waals surface area (Å²) >= 11 is 1.25. The van der Waals surface area contributed by atoms with Crippen LogP contribution in [0, 0.1) is 5.92 Å². The first-order valence-electron chi connectivity index (χ1n) is 5.51. The van der Waals surface area contributed by atoms with E-state index < -0.39 is 23.5 Å². The number of alkyl halides is 3. The van der Waals surface area contributed by atoms with Crippen LogP contribution in [0.15, 0.2) is 10.9 Å². The van der Waals surface area contributed by atoms with Gasteiger partial charge < -0.3 is 4.90 Å². The van der Waals surface area contributed by atoms with Crippen LogP contribution < -0.4 is 0 Å². The lowest BCUT2D eigenvalue weighted by Gasteiger charge is -2.36. The van der Waals surface area contributed by atoms with Crippen molar-refractivity contribution in [3.8, 4) is 0 Å². The van der Waals surface area contributed by atoms with Gasteiger partial charge in [-0.2, -0.15) is 13.2 Å². The third-order valence-electron chi connectivity index (χ3n) is 3.48. The van der Waals surface area contributed by atoms with E-state index >= 15 is 0 Å². The first-order valence-corrected chi connectivity index (χ1v) is 6.45. The summed E-state index contributed by atoms with van der Waals surface area (Å²) in [6.07, 6.45) is -4.33. The SMILES string of the molecule is CC1(C)C(C(F)(F)F)CCN1C(=O)c1cscn1. The van der Waals surface area contributed by atoms with E-state index in [4.69, 9.17) is 0 Å². The average Bonchev–Trinajstić information content (AvgIpc) is 2.81. The Morgan fingerprint density at radius 1 is 1.56 bits per heavy atom. The molecule has 1 aliphatic rings. The summed E-state index contributed by atoms with van der Waals surface area (Å²) in [7, 11) is 0. The molecule has 1 aromatic heterocycles. The smallest absolute Gasteiger partial charge is 0.332 e. The van der Waals surface area contributed by atoms with E-state index in [1.54, 1.807) is 5.38 Å². The van der Waals surface area contributed by atoms with Gasteiger partial charge in [-0.1, -0.05) is 0 Å². The highest BCUT2D eigenvalue weighted by Crippen LogP contribution is 2.45. The van der Waals surface area contributed by atoms with Gasteiger partial charge in [0.2, 0.25) is 0 Å². The number of halogens is 3. The average molecular weight is 278 g/mol. The first kappa shape index (κ1) is 13.3. The predicted molar refractivity (Wildman–Crippen MR) is 61.4 cm³/mol. The van der Waals surface area contributed by atoms with Gasteiger partial charge in [0, 0.05) is 17.5 Å². The largest absolute Gasteiger partial charge is 0.394 e. The fourth-order valence-corrected chi connectivity index (χ4v) is 3.00. The van der Waals surface area contributed by atoms with Crippen LogP contribution in [0.25, 0.3) is 0 Å². The molecule has 0 N–H and O–H groups in total. The molecule has 3 nitrogen and oxygen atoms in total. The van der Waals surface area contributed by atoms with E-state index in [-0.39, 0.29) is 18.7 Å². The third kappa shape index (κ3) is 2.11. The Hall–Kier alpha value is -1.11. The third-order valence-corrected chi connectivity index (χ3v) is 4.07. The van der Waals surface area contributed by atoms with Gasteiger partial charge in [-0.3, -0.25) is 4.79 Å². The molecule has 1 unspecified atom stereocenters.